The average molecular weight is 261 g/mol. The summed E-state index contributed by atoms with van der Waals surface area (Å²) in [5, 5.41) is 3.47. The molecule has 19 heavy (non-hydrogen) atoms. The molecule has 1 unspecified atom stereocenters. The van der Waals surface area contributed by atoms with Crippen LogP contribution in [0.15, 0.2) is 24.3 Å². The second-order valence-electron chi connectivity index (χ2n) is 5.49. The minimum Gasteiger partial charge on any atom is -0.385 e. The summed E-state index contributed by atoms with van der Waals surface area (Å²) in [6.07, 6.45) is 2.91. The fourth-order valence-corrected chi connectivity index (χ4v) is 2.64. The van der Waals surface area contributed by atoms with Gasteiger partial charge in [0.15, 0.2) is 0 Å². The fourth-order valence-electron chi connectivity index (χ4n) is 2.64. The van der Waals surface area contributed by atoms with Crippen LogP contribution < -0.4 is 11.1 Å². The summed E-state index contributed by atoms with van der Waals surface area (Å²) < 4.78 is 0. The number of piperidine rings is 1. The van der Waals surface area contributed by atoms with Crippen LogP contribution in [-0.4, -0.2) is 37.5 Å². The van der Waals surface area contributed by atoms with Crippen molar-refractivity contribution < 1.29 is 4.79 Å². The Labute approximate surface area is 115 Å². The van der Waals surface area contributed by atoms with Crippen LogP contribution in [0.5, 0.6) is 0 Å². The topological polar surface area (TPSA) is 58.4 Å². The largest absolute Gasteiger partial charge is 0.385 e. The van der Waals surface area contributed by atoms with Gasteiger partial charge < -0.3 is 16.0 Å². The van der Waals surface area contributed by atoms with Crippen LogP contribution in [-0.2, 0) is 11.2 Å². The van der Waals surface area contributed by atoms with Crippen molar-refractivity contribution in [1.29, 1.82) is 0 Å². The van der Waals surface area contributed by atoms with Crippen LogP contribution >= 0.6 is 0 Å². The first-order valence-electron chi connectivity index (χ1n) is 6.93. The summed E-state index contributed by atoms with van der Waals surface area (Å²) in [6, 6.07) is 7.95. The summed E-state index contributed by atoms with van der Waals surface area (Å²) in [4.78, 5) is 13.2. The van der Waals surface area contributed by atoms with Crippen LogP contribution in [0.25, 0.3) is 0 Å². The van der Waals surface area contributed by atoms with E-state index in [2.05, 4.69) is 17.3 Å². The molecule has 1 fully saturated rings. The number of benzene rings is 1. The predicted molar refractivity (Wildman–Crippen MR) is 78.1 cm³/mol. The normalized spacial score (nSPS) is 20.2. The van der Waals surface area contributed by atoms with Gasteiger partial charge in [-0.2, -0.15) is 0 Å². The minimum absolute atomic E-state index is 0.286. The standard InChI is InChI=1S/C15H23N3O/c1-18-8-2-3-13(11-18)10-17-14-6-4-12(5-7-14)9-15(16)19/h4-7,13,17H,2-3,8-11H2,1H3,(H2,16,19). The number of nitrogens with two attached hydrogens (primary N) is 1. The molecule has 0 spiro atoms. The van der Waals surface area contributed by atoms with Gasteiger partial charge in [-0.1, -0.05) is 12.1 Å². The number of amides is 1. The maximum absolute atomic E-state index is 10.8. The Morgan fingerprint density at radius 3 is 2.79 bits per heavy atom. The molecule has 1 amide bonds. The zero-order chi connectivity index (χ0) is 13.7. The molecule has 104 valence electrons. The van der Waals surface area contributed by atoms with Crippen LogP contribution in [0, 0.1) is 5.92 Å². The summed E-state index contributed by atoms with van der Waals surface area (Å²) >= 11 is 0. The fraction of sp³-hybridized carbons (Fsp3) is 0.533. The third-order valence-corrected chi connectivity index (χ3v) is 3.65. The van der Waals surface area contributed by atoms with E-state index >= 15 is 0 Å². The molecule has 4 nitrogen and oxygen atoms in total. The number of hydrogen-bond donors (Lipinski definition) is 2. The molecule has 0 bridgehead atoms. The summed E-state index contributed by atoms with van der Waals surface area (Å²) in [5.41, 5.74) is 7.25. The Hall–Kier alpha value is -1.55. The van der Waals surface area contributed by atoms with Crippen molar-refractivity contribution in [2.75, 3.05) is 32.0 Å². The van der Waals surface area contributed by atoms with E-state index < -0.39 is 0 Å². The lowest BCUT2D eigenvalue weighted by molar-refractivity contribution is -0.117. The molecule has 1 heterocycles. The SMILES string of the molecule is CN1CCCC(CNc2ccc(CC(N)=O)cc2)C1. The summed E-state index contributed by atoms with van der Waals surface area (Å²) in [5.74, 6) is 0.440. The number of hydrogen-bond acceptors (Lipinski definition) is 3. The highest BCUT2D eigenvalue weighted by Crippen LogP contribution is 2.17. The molecule has 1 aliphatic heterocycles. The Kier molecular flexibility index (Phi) is 4.80. The lowest BCUT2D eigenvalue weighted by Crippen LogP contribution is -2.35. The van der Waals surface area contributed by atoms with E-state index in [1.807, 2.05) is 24.3 Å². The first-order valence-corrected chi connectivity index (χ1v) is 6.93. The van der Waals surface area contributed by atoms with Crippen LogP contribution in [0.4, 0.5) is 5.69 Å². The maximum atomic E-state index is 10.8. The zero-order valence-corrected chi connectivity index (χ0v) is 11.6. The summed E-state index contributed by atoms with van der Waals surface area (Å²) in [7, 11) is 2.19. The number of nitrogens with one attached hydrogen (secondary N) is 1. The molecule has 1 saturated heterocycles. The van der Waals surface area contributed by atoms with Gasteiger partial charge >= 0.3 is 0 Å². The maximum Gasteiger partial charge on any atom is 0.221 e. The number of carbonyl (C=O) groups excluding carboxylic acids is 1. The molecule has 0 aliphatic carbocycles. The average Bonchev–Trinajstić information content (AvgIpc) is 2.37. The molecule has 1 aromatic carbocycles. The number of nitrogens with zero attached hydrogens (tertiary/aromatic N) is 1. The Morgan fingerprint density at radius 2 is 2.16 bits per heavy atom. The first kappa shape index (κ1) is 13.9. The second kappa shape index (κ2) is 6.57. The molecule has 1 aliphatic rings. The molecular weight excluding hydrogens is 238 g/mol. The number of primary amides is 1. The van der Waals surface area contributed by atoms with E-state index in [0.717, 1.165) is 23.7 Å². The van der Waals surface area contributed by atoms with Crippen molar-refractivity contribution in [3.05, 3.63) is 29.8 Å². The van der Waals surface area contributed by atoms with Crippen molar-refractivity contribution in [2.45, 2.75) is 19.3 Å². The zero-order valence-electron chi connectivity index (χ0n) is 11.6. The number of anilines is 1. The van der Waals surface area contributed by atoms with Crippen molar-refractivity contribution >= 4 is 11.6 Å². The van der Waals surface area contributed by atoms with E-state index in [0.29, 0.717) is 6.42 Å². The van der Waals surface area contributed by atoms with Gasteiger partial charge in [0.25, 0.3) is 0 Å². The predicted octanol–water partition coefficient (Wildman–Crippen LogP) is 1.47. The van der Waals surface area contributed by atoms with Gasteiger partial charge in [-0.3, -0.25) is 4.79 Å². The van der Waals surface area contributed by atoms with Gasteiger partial charge in [0.05, 0.1) is 6.42 Å². The highest BCUT2D eigenvalue weighted by atomic mass is 16.1. The van der Waals surface area contributed by atoms with Crippen LogP contribution in [0.2, 0.25) is 0 Å². The van der Waals surface area contributed by atoms with E-state index in [1.54, 1.807) is 0 Å². The van der Waals surface area contributed by atoms with E-state index in [-0.39, 0.29) is 5.91 Å². The van der Waals surface area contributed by atoms with Gasteiger partial charge in [-0.05, 0) is 50.0 Å². The first-order chi connectivity index (χ1) is 9.13. The molecular formula is C15H23N3O. The third kappa shape index (κ3) is 4.56. The van der Waals surface area contributed by atoms with Crippen molar-refractivity contribution in [3.8, 4) is 0 Å². The van der Waals surface area contributed by atoms with Gasteiger partial charge in [-0.25, -0.2) is 0 Å². The van der Waals surface area contributed by atoms with E-state index in [4.69, 9.17) is 5.73 Å². The minimum atomic E-state index is -0.286. The highest BCUT2D eigenvalue weighted by Gasteiger charge is 2.16. The van der Waals surface area contributed by atoms with Crippen molar-refractivity contribution in [2.24, 2.45) is 11.7 Å². The number of carbonyl (C=O) groups is 1. The monoisotopic (exact) mass is 261 g/mol. The van der Waals surface area contributed by atoms with Gasteiger partial charge in [0.2, 0.25) is 5.91 Å². The molecule has 4 heteroatoms. The number of likely N-dealkylation sites (tertiary alicyclic amines) is 1. The van der Waals surface area contributed by atoms with E-state index in [1.165, 1.54) is 25.9 Å². The molecule has 2 rings (SSSR count). The van der Waals surface area contributed by atoms with Gasteiger partial charge in [0, 0.05) is 18.8 Å². The van der Waals surface area contributed by atoms with Crippen LogP contribution in [0.3, 0.4) is 0 Å². The van der Waals surface area contributed by atoms with Crippen molar-refractivity contribution in [3.63, 3.8) is 0 Å². The van der Waals surface area contributed by atoms with E-state index in [9.17, 15) is 4.79 Å². The quantitative estimate of drug-likeness (QED) is 0.844. The lowest BCUT2D eigenvalue weighted by Gasteiger charge is -2.30. The second-order valence-corrected chi connectivity index (χ2v) is 5.49. The van der Waals surface area contributed by atoms with Crippen LogP contribution in [0.1, 0.15) is 18.4 Å². The molecule has 3 N–H and O–H groups in total. The summed E-state index contributed by atoms with van der Waals surface area (Å²) in [6.45, 7) is 3.41. The Morgan fingerprint density at radius 1 is 1.42 bits per heavy atom. The Bertz CT molecular complexity index is 416. The third-order valence-electron chi connectivity index (χ3n) is 3.65. The van der Waals surface area contributed by atoms with Crippen molar-refractivity contribution in [1.82, 2.24) is 4.90 Å². The molecule has 0 aromatic heterocycles. The van der Waals surface area contributed by atoms with Gasteiger partial charge in [0.1, 0.15) is 0 Å². The van der Waals surface area contributed by atoms with Gasteiger partial charge in [-0.15, -0.1) is 0 Å². The molecule has 0 saturated carbocycles. The molecule has 1 atom stereocenters. The molecule has 0 radical (unpaired) electrons. The smallest absolute Gasteiger partial charge is 0.221 e. The Balaban J connectivity index is 1.81. The lowest BCUT2D eigenvalue weighted by atomic mass is 9.98. The molecule has 1 aromatic rings. The number of rotatable bonds is 5. The highest BCUT2D eigenvalue weighted by molar-refractivity contribution is 5.76.